The second-order valence-corrected chi connectivity index (χ2v) is 4.88. The fraction of sp³-hybridized carbons (Fsp3) is 0.364. The summed E-state index contributed by atoms with van der Waals surface area (Å²) in [5.41, 5.74) is 5.12. The Morgan fingerprint density at radius 3 is 2.67 bits per heavy atom. The second kappa shape index (κ2) is 3.68. The van der Waals surface area contributed by atoms with E-state index in [9.17, 15) is 9.18 Å². The van der Waals surface area contributed by atoms with Crippen LogP contribution in [0.3, 0.4) is 0 Å². The maximum absolute atomic E-state index is 13.4. The lowest BCUT2D eigenvalue weighted by Gasteiger charge is -2.36. The third-order valence-electron chi connectivity index (χ3n) is 2.87. The van der Waals surface area contributed by atoms with Crippen molar-refractivity contribution >= 4 is 21.7 Å². The molecule has 0 saturated heterocycles. The predicted octanol–water partition coefficient (Wildman–Crippen LogP) is 2.65. The molecule has 4 heteroatoms. The van der Waals surface area contributed by atoms with E-state index >= 15 is 0 Å². The minimum absolute atomic E-state index is 0.0894. The highest BCUT2D eigenvalue weighted by Crippen LogP contribution is 2.33. The quantitative estimate of drug-likeness (QED) is 0.841. The second-order valence-electron chi connectivity index (χ2n) is 3.96. The van der Waals surface area contributed by atoms with Crippen LogP contribution in [0, 0.1) is 5.82 Å². The average Bonchev–Trinajstić information content (AvgIpc) is 2.17. The molecule has 0 amide bonds. The van der Waals surface area contributed by atoms with Gasteiger partial charge in [-0.2, -0.15) is 0 Å². The van der Waals surface area contributed by atoms with E-state index in [-0.39, 0.29) is 11.3 Å². The summed E-state index contributed by atoms with van der Waals surface area (Å²) in [7, 11) is 0. The lowest BCUT2D eigenvalue weighted by Crippen LogP contribution is -2.53. The standard InChI is InChI=1S/C11H11BrFNO/c12-7-2-3-9(13)8(6-7)10(15)11(14)4-1-5-11/h2-3,6H,1,4-5,14H2. The van der Waals surface area contributed by atoms with Crippen LogP contribution in [-0.4, -0.2) is 11.3 Å². The van der Waals surface area contributed by atoms with Crippen LogP contribution < -0.4 is 5.73 Å². The largest absolute Gasteiger partial charge is 0.319 e. The van der Waals surface area contributed by atoms with Gasteiger partial charge in [-0.3, -0.25) is 4.79 Å². The third-order valence-corrected chi connectivity index (χ3v) is 3.36. The van der Waals surface area contributed by atoms with E-state index in [1.807, 2.05) is 0 Å². The van der Waals surface area contributed by atoms with Crippen molar-refractivity contribution < 1.29 is 9.18 Å². The molecule has 1 aromatic carbocycles. The lowest BCUT2D eigenvalue weighted by atomic mass is 9.73. The molecule has 0 spiro atoms. The Labute approximate surface area is 95.8 Å². The summed E-state index contributed by atoms with van der Waals surface area (Å²) < 4.78 is 14.1. The van der Waals surface area contributed by atoms with Gasteiger partial charge in [-0.05, 0) is 37.5 Å². The Hall–Kier alpha value is -0.740. The topological polar surface area (TPSA) is 43.1 Å². The molecular formula is C11H11BrFNO. The summed E-state index contributed by atoms with van der Waals surface area (Å²) in [5.74, 6) is -0.785. The molecule has 1 saturated carbocycles. The molecule has 0 radical (unpaired) electrons. The fourth-order valence-electron chi connectivity index (χ4n) is 1.72. The summed E-state index contributed by atoms with van der Waals surface area (Å²) >= 11 is 3.21. The molecule has 0 atom stereocenters. The monoisotopic (exact) mass is 271 g/mol. The molecule has 1 aliphatic carbocycles. The molecule has 2 rings (SSSR count). The van der Waals surface area contributed by atoms with Gasteiger partial charge in [0.2, 0.25) is 0 Å². The van der Waals surface area contributed by atoms with E-state index in [0.717, 1.165) is 6.42 Å². The smallest absolute Gasteiger partial charge is 0.185 e. The molecule has 15 heavy (non-hydrogen) atoms. The minimum atomic E-state index is -0.832. The minimum Gasteiger partial charge on any atom is -0.319 e. The van der Waals surface area contributed by atoms with E-state index in [1.165, 1.54) is 12.1 Å². The molecule has 0 bridgehead atoms. The van der Waals surface area contributed by atoms with Gasteiger partial charge in [-0.25, -0.2) is 4.39 Å². The Kier molecular flexibility index (Phi) is 2.64. The van der Waals surface area contributed by atoms with Crippen LogP contribution in [0.2, 0.25) is 0 Å². The van der Waals surface area contributed by atoms with Crippen LogP contribution >= 0.6 is 15.9 Å². The molecule has 2 nitrogen and oxygen atoms in total. The van der Waals surface area contributed by atoms with Crippen LogP contribution in [0.25, 0.3) is 0 Å². The van der Waals surface area contributed by atoms with Crippen molar-refractivity contribution in [2.75, 3.05) is 0 Å². The highest BCUT2D eigenvalue weighted by Gasteiger charge is 2.41. The van der Waals surface area contributed by atoms with E-state index in [0.29, 0.717) is 17.3 Å². The van der Waals surface area contributed by atoms with Crippen LogP contribution in [0.4, 0.5) is 4.39 Å². The third kappa shape index (κ3) is 1.84. The highest BCUT2D eigenvalue weighted by molar-refractivity contribution is 9.10. The number of rotatable bonds is 2. The van der Waals surface area contributed by atoms with Crippen molar-refractivity contribution in [1.82, 2.24) is 0 Å². The van der Waals surface area contributed by atoms with Crippen molar-refractivity contribution in [3.05, 3.63) is 34.1 Å². The number of carbonyl (C=O) groups is 1. The number of hydrogen-bond acceptors (Lipinski definition) is 2. The first-order valence-corrected chi connectivity index (χ1v) is 5.61. The maximum atomic E-state index is 13.4. The first-order valence-electron chi connectivity index (χ1n) is 4.82. The first-order chi connectivity index (χ1) is 7.03. The molecule has 0 unspecified atom stereocenters. The summed E-state index contributed by atoms with van der Waals surface area (Å²) in [4.78, 5) is 11.9. The Morgan fingerprint density at radius 2 is 2.13 bits per heavy atom. The lowest BCUT2D eigenvalue weighted by molar-refractivity contribution is 0.0796. The zero-order chi connectivity index (χ0) is 11.1. The normalized spacial score (nSPS) is 18.3. The molecule has 0 heterocycles. The molecular weight excluding hydrogens is 261 g/mol. The van der Waals surface area contributed by atoms with Crippen LogP contribution in [0.15, 0.2) is 22.7 Å². The van der Waals surface area contributed by atoms with Gasteiger partial charge < -0.3 is 5.73 Å². The maximum Gasteiger partial charge on any atom is 0.185 e. The molecule has 1 aliphatic rings. The Balaban J connectivity index is 2.36. The number of hydrogen-bond donors (Lipinski definition) is 1. The van der Waals surface area contributed by atoms with Gasteiger partial charge in [-0.15, -0.1) is 0 Å². The van der Waals surface area contributed by atoms with Crippen molar-refractivity contribution in [3.8, 4) is 0 Å². The molecule has 1 aromatic rings. The Morgan fingerprint density at radius 1 is 1.47 bits per heavy atom. The molecule has 1 fully saturated rings. The van der Waals surface area contributed by atoms with E-state index < -0.39 is 11.4 Å². The van der Waals surface area contributed by atoms with Gasteiger partial charge in [0.1, 0.15) is 5.82 Å². The van der Waals surface area contributed by atoms with E-state index in [4.69, 9.17) is 5.73 Å². The average molecular weight is 272 g/mol. The summed E-state index contributed by atoms with van der Waals surface area (Å²) in [6, 6.07) is 4.33. The van der Waals surface area contributed by atoms with Gasteiger partial charge in [0.05, 0.1) is 11.1 Å². The number of nitrogens with two attached hydrogens (primary N) is 1. The summed E-state index contributed by atoms with van der Waals surface area (Å²) in [5, 5.41) is 0. The zero-order valence-electron chi connectivity index (χ0n) is 8.09. The van der Waals surface area contributed by atoms with Gasteiger partial charge in [0.25, 0.3) is 0 Å². The van der Waals surface area contributed by atoms with Gasteiger partial charge in [-0.1, -0.05) is 15.9 Å². The summed E-state index contributed by atoms with van der Waals surface area (Å²) in [6.07, 6.45) is 2.24. The van der Waals surface area contributed by atoms with Crippen LogP contribution in [0.5, 0.6) is 0 Å². The van der Waals surface area contributed by atoms with Crippen LogP contribution in [0.1, 0.15) is 29.6 Å². The van der Waals surface area contributed by atoms with Crippen molar-refractivity contribution in [1.29, 1.82) is 0 Å². The van der Waals surface area contributed by atoms with Crippen molar-refractivity contribution in [2.24, 2.45) is 5.73 Å². The fourth-order valence-corrected chi connectivity index (χ4v) is 2.09. The van der Waals surface area contributed by atoms with Crippen molar-refractivity contribution in [3.63, 3.8) is 0 Å². The highest BCUT2D eigenvalue weighted by atomic mass is 79.9. The Bertz CT molecular complexity index is 415. The number of ketones is 1. The number of benzene rings is 1. The first kappa shape index (κ1) is 10.8. The van der Waals surface area contributed by atoms with Gasteiger partial charge in [0, 0.05) is 4.47 Å². The molecule has 2 N–H and O–H groups in total. The number of halogens is 2. The molecule has 0 aromatic heterocycles. The van der Waals surface area contributed by atoms with E-state index in [2.05, 4.69) is 15.9 Å². The molecule has 0 aliphatic heterocycles. The number of Topliss-reactive ketones (excluding diaryl/α,β-unsaturated/α-hetero) is 1. The van der Waals surface area contributed by atoms with E-state index in [1.54, 1.807) is 6.07 Å². The van der Waals surface area contributed by atoms with Crippen molar-refractivity contribution in [2.45, 2.75) is 24.8 Å². The summed E-state index contributed by atoms with van der Waals surface area (Å²) in [6.45, 7) is 0. The van der Waals surface area contributed by atoms with Gasteiger partial charge >= 0.3 is 0 Å². The van der Waals surface area contributed by atoms with Crippen LogP contribution in [-0.2, 0) is 0 Å². The molecule has 80 valence electrons. The SMILES string of the molecule is NC1(C(=O)c2cc(Br)ccc2F)CCC1. The predicted molar refractivity (Wildman–Crippen MR) is 59.2 cm³/mol. The number of carbonyl (C=O) groups excluding carboxylic acids is 1. The van der Waals surface area contributed by atoms with Gasteiger partial charge in [0.15, 0.2) is 5.78 Å². The zero-order valence-corrected chi connectivity index (χ0v) is 9.68.